The van der Waals surface area contributed by atoms with Gasteiger partial charge in [0.1, 0.15) is 5.69 Å². The van der Waals surface area contributed by atoms with Crippen LogP contribution in [0.15, 0.2) is 59.1 Å². The third-order valence-electron chi connectivity index (χ3n) is 10.2. The number of benzene rings is 3. The van der Waals surface area contributed by atoms with Crippen LogP contribution in [0.2, 0.25) is 0 Å². The average Bonchev–Trinajstić information content (AvgIpc) is 3.45. The summed E-state index contributed by atoms with van der Waals surface area (Å²) >= 11 is 17.5. The number of carbonyl (C=O) groups excluding carboxylic acids is 4. The fraction of sp³-hybridized carbons (Fsp3) is 0.257. The van der Waals surface area contributed by atoms with Crippen molar-refractivity contribution in [3.05, 3.63) is 99.3 Å². The minimum absolute atomic E-state index is 0.0170. The van der Waals surface area contributed by atoms with E-state index < -0.39 is 98.2 Å². The van der Waals surface area contributed by atoms with Gasteiger partial charge in [-0.1, -0.05) is 36.4 Å². The zero-order valence-electron chi connectivity index (χ0n) is 26.0. The molecule has 0 aromatic heterocycles. The lowest BCUT2D eigenvalue weighted by molar-refractivity contribution is -0.125. The molecular weight excluding hydrogens is 790 g/mol. The first kappa shape index (κ1) is 35.1. The van der Waals surface area contributed by atoms with Crippen LogP contribution in [-0.2, 0) is 19.2 Å². The topological polar surface area (TPSA) is 104 Å². The standard InChI is InChI=1S/C35H22BrCl2F5N2O6/c1-3-13-4-6-15(7-5-13)44-30(47)17-9-8-16-18(21(17)31(44)48)12-34(37)32(49)45(28-26(42)24(40)23(39)25(41)27(28)43)33(50)35(34,38)22(16)14-10-19(36)29(46)20(11-14)51-2/h3-8,10-11,17-18,21-22,46H,1,9,12H2,2H3/t17-,18+,21-,22-,34+,35-/m0/s1. The molecule has 7 rings (SSSR count). The smallest absolute Gasteiger partial charge is 0.258 e. The molecule has 1 saturated carbocycles. The van der Waals surface area contributed by atoms with Crippen molar-refractivity contribution in [1.82, 2.24) is 0 Å². The monoisotopic (exact) mass is 810 g/mol. The number of alkyl halides is 2. The fourth-order valence-electron chi connectivity index (χ4n) is 7.87. The molecule has 2 heterocycles. The maximum Gasteiger partial charge on any atom is 0.258 e. The Labute approximate surface area is 304 Å². The quantitative estimate of drug-likeness (QED) is 0.0727. The first-order chi connectivity index (χ1) is 24.0. The van der Waals surface area contributed by atoms with Crippen LogP contribution in [0.4, 0.5) is 33.3 Å². The number of halogens is 8. The first-order valence-corrected chi connectivity index (χ1v) is 16.7. The van der Waals surface area contributed by atoms with E-state index in [9.17, 15) is 37.5 Å². The normalized spacial score (nSPS) is 28.5. The molecule has 3 aromatic carbocycles. The summed E-state index contributed by atoms with van der Waals surface area (Å²) in [6.45, 7) is 3.69. The van der Waals surface area contributed by atoms with Gasteiger partial charge in [0.05, 0.1) is 29.1 Å². The number of ether oxygens (including phenoxy) is 1. The van der Waals surface area contributed by atoms with Crippen molar-refractivity contribution in [2.24, 2.45) is 17.8 Å². The number of anilines is 2. The molecule has 4 aliphatic rings. The van der Waals surface area contributed by atoms with Crippen molar-refractivity contribution in [3.8, 4) is 11.5 Å². The number of carbonyl (C=O) groups is 4. The predicted molar refractivity (Wildman–Crippen MR) is 178 cm³/mol. The van der Waals surface area contributed by atoms with Crippen LogP contribution in [-0.4, -0.2) is 45.6 Å². The predicted octanol–water partition coefficient (Wildman–Crippen LogP) is 7.27. The first-order valence-electron chi connectivity index (χ1n) is 15.2. The van der Waals surface area contributed by atoms with Crippen LogP contribution >= 0.6 is 39.1 Å². The Morgan fingerprint density at radius 3 is 2.10 bits per heavy atom. The number of allylic oxidation sites excluding steroid dienone is 2. The number of methoxy groups -OCH3 is 1. The van der Waals surface area contributed by atoms with E-state index in [-0.39, 0.29) is 44.1 Å². The van der Waals surface area contributed by atoms with E-state index in [4.69, 9.17) is 27.9 Å². The molecule has 2 aliphatic carbocycles. The van der Waals surface area contributed by atoms with Crippen molar-refractivity contribution >= 4 is 80.2 Å². The number of hydrogen-bond acceptors (Lipinski definition) is 6. The number of imide groups is 2. The van der Waals surface area contributed by atoms with Crippen LogP contribution in [0, 0.1) is 46.8 Å². The van der Waals surface area contributed by atoms with E-state index in [0.29, 0.717) is 0 Å². The van der Waals surface area contributed by atoms with Crippen molar-refractivity contribution in [1.29, 1.82) is 0 Å². The molecule has 3 aromatic rings. The summed E-state index contributed by atoms with van der Waals surface area (Å²) in [5, 5.41) is 10.6. The highest BCUT2D eigenvalue weighted by Gasteiger charge is 2.77. The highest BCUT2D eigenvalue weighted by atomic mass is 79.9. The molecule has 2 aliphatic heterocycles. The summed E-state index contributed by atoms with van der Waals surface area (Å²) in [6, 6.07) is 8.97. The molecule has 0 spiro atoms. The molecule has 6 atom stereocenters. The number of aromatic hydroxyl groups is 1. The summed E-state index contributed by atoms with van der Waals surface area (Å²) in [4.78, 5) is 52.2. The summed E-state index contributed by atoms with van der Waals surface area (Å²) in [5.41, 5.74) is -0.610. The lowest BCUT2D eigenvalue weighted by Crippen LogP contribution is -2.60. The molecule has 16 heteroatoms. The van der Waals surface area contributed by atoms with E-state index in [2.05, 4.69) is 22.5 Å². The number of amides is 4. The van der Waals surface area contributed by atoms with Crippen molar-refractivity contribution in [3.63, 3.8) is 0 Å². The molecular formula is C35H22BrCl2F5N2O6. The summed E-state index contributed by atoms with van der Waals surface area (Å²) in [5.74, 6) is -22.1. The van der Waals surface area contributed by atoms with Crippen LogP contribution in [0.25, 0.3) is 6.08 Å². The number of rotatable bonds is 5. The Kier molecular flexibility index (Phi) is 8.19. The summed E-state index contributed by atoms with van der Waals surface area (Å²) < 4.78 is 78.8. The zero-order chi connectivity index (χ0) is 37.1. The highest BCUT2D eigenvalue weighted by Crippen LogP contribution is 2.66. The number of hydrogen-bond donors (Lipinski definition) is 1. The molecule has 2 saturated heterocycles. The molecule has 8 nitrogen and oxygen atoms in total. The number of phenols is 1. The van der Waals surface area contributed by atoms with Gasteiger partial charge in [-0.25, -0.2) is 26.9 Å². The Balaban J connectivity index is 1.44. The molecule has 0 unspecified atom stereocenters. The van der Waals surface area contributed by atoms with Crippen LogP contribution in [0.3, 0.4) is 0 Å². The van der Waals surface area contributed by atoms with Crippen LogP contribution in [0.5, 0.6) is 11.5 Å². The second kappa shape index (κ2) is 11.9. The largest absolute Gasteiger partial charge is 0.503 e. The van der Waals surface area contributed by atoms with Gasteiger partial charge in [0.2, 0.25) is 17.6 Å². The number of fused-ring (bicyclic) bond motifs is 4. The minimum Gasteiger partial charge on any atom is -0.503 e. The van der Waals surface area contributed by atoms with E-state index in [1.807, 2.05) is 0 Å². The molecule has 4 amide bonds. The SMILES string of the molecule is C=Cc1ccc(N2C(=O)[C@H]3[C@H](CC=C4[C@H]3C[C@@]3(Cl)C(=O)N(c5c(F)c(F)c(F)c(F)c5F)C(=O)[C@@]3(Cl)[C@H]4c3cc(Br)c(O)c(OC)c3)C2=O)cc1. The number of phenolic OH excluding ortho intramolecular Hbond substituents is 1. The maximum atomic E-state index is 15.3. The third-order valence-corrected chi connectivity index (χ3v) is 12.2. The van der Waals surface area contributed by atoms with Crippen molar-refractivity contribution in [2.45, 2.75) is 28.5 Å². The van der Waals surface area contributed by atoms with Gasteiger partial charge in [0.15, 0.2) is 44.5 Å². The van der Waals surface area contributed by atoms with Crippen LogP contribution in [0.1, 0.15) is 29.9 Å². The Bertz CT molecular complexity index is 2140. The Hall–Kier alpha value is -4.27. The number of nitrogens with zero attached hydrogens (tertiary/aromatic N) is 2. The molecule has 51 heavy (non-hydrogen) atoms. The van der Waals surface area contributed by atoms with Gasteiger partial charge in [-0.15, -0.1) is 23.2 Å². The van der Waals surface area contributed by atoms with Gasteiger partial charge in [-0.3, -0.25) is 24.1 Å². The van der Waals surface area contributed by atoms with Crippen molar-refractivity contribution in [2.75, 3.05) is 16.9 Å². The summed E-state index contributed by atoms with van der Waals surface area (Å²) in [6.07, 6.45) is 2.44. The van der Waals surface area contributed by atoms with Gasteiger partial charge >= 0.3 is 0 Å². The van der Waals surface area contributed by atoms with E-state index in [1.54, 1.807) is 36.4 Å². The van der Waals surface area contributed by atoms with Gasteiger partial charge in [-0.2, -0.15) is 0 Å². The lowest BCUT2D eigenvalue weighted by Gasteiger charge is -2.50. The third kappa shape index (κ3) is 4.54. The maximum absolute atomic E-state index is 15.3. The van der Waals surface area contributed by atoms with Crippen molar-refractivity contribution < 1.29 is 51.0 Å². The molecule has 264 valence electrons. The average molecular weight is 812 g/mol. The van der Waals surface area contributed by atoms with E-state index >= 15 is 8.78 Å². The zero-order valence-corrected chi connectivity index (χ0v) is 29.1. The fourth-order valence-corrected chi connectivity index (χ4v) is 9.27. The van der Waals surface area contributed by atoms with Gasteiger partial charge in [0, 0.05) is 5.92 Å². The lowest BCUT2D eigenvalue weighted by atomic mass is 9.56. The molecule has 0 radical (unpaired) electrons. The molecule has 0 bridgehead atoms. The highest BCUT2D eigenvalue weighted by molar-refractivity contribution is 9.10. The molecule has 1 N–H and O–H groups in total. The van der Waals surface area contributed by atoms with Crippen LogP contribution < -0.4 is 14.5 Å². The molecule has 3 fully saturated rings. The second-order valence-electron chi connectivity index (χ2n) is 12.6. The Morgan fingerprint density at radius 2 is 1.51 bits per heavy atom. The Morgan fingerprint density at radius 1 is 0.902 bits per heavy atom. The van der Waals surface area contributed by atoms with Gasteiger partial charge in [-0.05, 0) is 70.1 Å². The van der Waals surface area contributed by atoms with E-state index in [0.717, 1.165) is 10.5 Å². The van der Waals surface area contributed by atoms with Gasteiger partial charge in [0.25, 0.3) is 11.8 Å². The van der Waals surface area contributed by atoms with Gasteiger partial charge < -0.3 is 9.84 Å². The summed E-state index contributed by atoms with van der Waals surface area (Å²) in [7, 11) is 1.22. The van der Waals surface area contributed by atoms with E-state index in [1.165, 1.54) is 19.2 Å². The minimum atomic E-state index is -2.73. The second-order valence-corrected chi connectivity index (χ2v) is 14.6.